The SMILES string of the molecule is COc1ccccc1N=c1oc2cc(OC(C)=O)ccc2cc1C(=O)NC(C)=O. The maximum Gasteiger partial charge on any atom is 0.308 e. The van der Waals surface area contributed by atoms with Crippen LogP contribution in [0.4, 0.5) is 5.69 Å². The van der Waals surface area contributed by atoms with Crippen LogP contribution in [0.5, 0.6) is 11.5 Å². The average Bonchev–Trinajstić information content (AvgIpc) is 2.66. The summed E-state index contributed by atoms with van der Waals surface area (Å²) in [5, 5.41) is 2.78. The van der Waals surface area contributed by atoms with Gasteiger partial charge in [-0.25, -0.2) is 4.99 Å². The normalized spacial score (nSPS) is 11.2. The maximum absolute atomic E-state index is 12.5. The van der Waals surface area contributed by atoms with Crippen molar-refractivity contribution in [2.24, 2.45) is 4.99 Å². The fourth-order valence-electron chi connectivity index (χ4n) is 2.63. The Bertz CT molecular complexity index is 1180. The zero-order chi connectivity index (χ0) is 21.0. The molecule has 0 spiro atoms. The molecular weight excluding hydrogens is 376 g/mol. The van der Waals surface area contributed by atoms with Crippen molar-refractivity contribution in [2.45, 2.75) is 13.8 Å². The predicted octanol–water partition coefficient (Wildman–Crippen LogP) is 2.88. The van der Waals surface area contributed by atoms with Crippen LogP contribution in [-0.2, 0) is 9.59 Å². The number of carbonyl (C=O) groups is 3. The molecule has 1 heterocycles. The van der Waals surface area contributed by atoms with Crippen LogP contribution in [0, 0.1) is 0 Å². The highest BCUT2D eigenvalue weighted by atomic mass is 16.5. The summed E-state index contributed by atoms with van der Waals surface area (Å²) in [5.74, 6) is -0.863. The maximum atomic E-state index is 12.5. The first-order valence-electron chi connectivity index (χ1n) is 8.63. The van der Waals surface area contributed by atoms with Gasteiger partial charge in [0.25, 0.3) is 5.91 Å². The molecule has 8 heteroatoms. The van der Waals surface area contributed by atoms with E-state index in [1.165, 1.54) is 27.0 Å². The Labute approximate surface area is 165 Å². The molecule has 2 aromatic carbocycles. The van der Waals surface area contributed by atoms with Gasteiger partial charge in [-0.3, -0.25) is 19.7 Å². The molecule has 0 aliphatic carbocycles. The van der Waals surface area contributed by atoms with Crippen molar-refractivity contribution in [3.05, 3.63) is 59.6 Å². The van der Waals surface area contributed by atoms with Gasteiger partial charge in [-0.1, -0.05) is 12.1 Å². The number of carbonyl (C=O) groups excluding carboxylic acids is 3. The summed E-state index contributed by atoms with van der Waals surface area (Å²) < 4.78 is 16.2. The van der Waals surface area contributed by atoms with Crippen molar-refractivity contribution in [2.75, 3.05) is 7.11 Å². The number of rotatable bonds is 4. The molecule has 8 nitrogen and oxygen atoms in total. The molecule has 0 radical (unpaired) electrons. The first-order chi connectivity index (χ1) is 13.9. The third-order valence-corrected chi connectivity index (χ3v) is 3.82. The van der Waals surface area contributed by atoms with E-state index in [0.717, 1.165) is 0 Å². The van der Waals surface area contributed by atoms with Crippen LogP contribution in [-0.4, -0.2) is 24.9 Å². The van der Waals surface area contributed by atoms with E-state index in [0.29, 0.717) is 22.4 Å². The van der Waals surface area contributed by atoms with Gasteiger partial charge in [-0.15, -0.1) is 0 Å². The van der Waals surface area contributed by atoms with Crippen molar-refractivity contribution in [3.63, 3.8) is 0 Å². The van der Waals surface area contributed by atoms with Gasteiger partial charge in [0.15, 0.2) is 0 Å². The quantitative estimate of drug-likeness (QED) is 0.539. The standard InChI is InChI=1S/C21H18N2O6/c1-12(24)22-20(26)16-10-14-8-9-15(28-13(2)25)11-19(14)29-21(16)23-17-6-4-5-7-18(17)27-3/h4-11H,1-3H3,(H,22,24,26). The first-order valence-corrected chi connectivity index (χ1v) is 8.63. The Morgan fingerprint density at radius 1 is 1.03 bits per heavy atom. The number of fused-ring (bicyclic) bond motifs is 1. The highest BCUT2D eigenvalue weighted by Gasteiger charge is 2.15. The molecule has 0 saturated carbocycles. The molecule has 0 unspecified atom stereocenters. The number of para-hydroxylation sites is 2. The summed E-state index contributed by atoms with van der Waals surface area (Å²) in [4.78, 5) is 39.5. The number of hydrogen-bond donors (Lipinski definition) is 1. The van der Waals surface area contributed by atoms with Crippen molar-refractivity contribution in [1.82, 2.24) is 5.32 Å². The van der Waals surface area contributed by atoms with Crippen molar-refractivity contribution >= 4 is 34.4 Å². The van der Waals surface area contributed by atoms with Crippen LogP contribution in [0.15, 0.2) is 57.9 Å². The number of nitrogens with one attached hydrogen (secondary N) is 1. The lowest BCUT2D eigenvalue weighted by molar-refractivity contribution is -0.131. The Morgan fingerprint density at radius 3 is 2.48 bits per heavy atom. The van der Waals surface area contributed by atoms with Crippen LogP contribution in [0.2, 0.25) is 0 Å². The van der Waals surface area contributed by atoms with Crippen molar-refractivity contribution in [1.29, 1.82) is 0 Å². The second-order valence-corrected chi connectivity index (χ2v) is 6.05. The smallest absolute Gasteiger partial charge is 0.308 e. The van der Waals surface area contributed by atoms with Crippen LogP contribution in [0.3, 0.4) is 0 Å². The summed E-state index contributed by atoms with van der Waals surface area (Å²) in [6, 6.07) is 13.2. The van der Waals surface area contributed by atoms with Gasteiger partial charge in [-0.05, 0) is 30.3 Å². The van der Waals surface area contributed by atoms with Crippen LogP contribution < -0.4 is 20.3 Å². The second-order valence-electron chi connectivity index (χ2n) is 6.05. The van der Waals surface area contributed by atoms with Gasteiger partial charge in [-0.2, -0.15) is 0 Å². The molecule has 0 aliphatic heterocycles. The summed E-state index contributed by atoms with van der Waals surface area (Å²) in [6.07, 6.45) is 0. The fourth-order valence-corrected chi connectivity index (χ4v) is 2.63. The molecule has 0 saturated heterocycles. The molecule has 3 rings (SSSR count). The molecular formula is C21H18N2O6. The molecule has 1 N–H and O–H groups in total. The first kappa shape index (κ1) is 19.8. The number of imide groups is 1. The Hall–Kier alpha value is -3.94. The van der Waals surface area contributed by atoms with E-state index in [1.54, 1.807) is 42.5 Å². The third kappa shape index (κ3) is 4.67. The molecule has 29 heavy (non-hydrogen) atoms. The molecule has 1 aromatic heterocycles. The highest BCUT2D eigenvalue weighted by Crippen LogP contribution is 2.26. The second kappa shape index (κ2) is 8.39. The van der Waals surface area contributed by atoms with Gasteiger partial charge in [0.05, 0.1) is 7.11 Å². The van der Waals surface area contributed by atoms with Crippen LogP contribution in [0.25, 0.3) is 11.0 Å². The van der Waals surface area contributed by atoms with E-state index < -0.39 is 17.8 Å². The number of hydrogen-bond acceptors (Lipinski definition) is 7. The van der Waals surface area contributed by atoms with Gasteiger partial charge in [0.2, 0.25) is 11.5 Å². The molecule has 0 fully saturated rings. The largest absolute Gasteiger partial charge is 0.494 e. The Morgan fingerprint density at radius 2 is 1.79 bits per heavy atom. The Kier molecular flexibility index (Phi) is 5.73. The number of amides is 2. The predicted molar refractivity (Wildman–Crippen MR) is 104 cm³/mol. The number of methoxy groups -OCH3 is 1. The molecule has 0 bridgehead atoms. The van der Waals surface area contributed by atoms with Gasteiger partial charge in [0.1, 0.15) is 28.3 Å². The van der Waals surface area contributed by atoms with E-state index in [4.69, 9.17) is 13.9 Å². The lowest BCUT2D eigenvalue weighted by atomic mass is 10.1. The van der Waals surface area contributed by atoms with E-state index in [9.17, 15) is 14.4 Å². The highest BCUT2D eigenvalue weighted by molar-refractivity contribution is 6.05. The Balaban J connectivity index is 2.24. The summed E-state index contributed by atoms with van der Waals surface area (Å²) in [6.45, 7) is 2.53. The number of nitrogens with zero attached hydrogens (tertiary/aromatic N) is 1. The van der Waals surface area contributed by atoms with E-state index in [1.807, 2.05) is 0 Å². The summed E-state index contributed by atoms with van der Waals surface area (Å²) in [7, 11) is 1.50. The fraction of sp³-hybridized carbons (Fsp3) is 0.143. The van der Waals surface area contributed by atoms with Crippen molar-refractivity contribution < 1.29 is 28.3 Å². The minimum atomic E-state index is -0.652. The summed E-state index contributed by atoms with van der Waals surface area (Å²) >= 11 is 0. The molecule has 3 aromatic rings. The lowest BCUT2D eigenvalue weighted by Gasteiger charge is -2.07. The molecule has 148 valence electrons. The number of esters is 1. The monoisotopic (exact) mass is 394 g/mol. The minimum Gasteiger partial charge on any atom is -0.494 e. The van der Waals surface area contributed by atoms with E-state index >= 15 is 0 Å². The number of benzene rings is 2. The van der Waals surface area contributed by atoms with Crippen LogP contribution in [0.1, 0.15) is 24.2 Å². The van der Waals surface area contributed by atoms with Gasteiger partial charge >= 0.3 is 5.97 Å². The summed E-state index contributed by atoms with van der Waals surface area (Å²) in [5.41, 5.74) is 0.822. The molecule has 0 aliphatic rings. The topological polar surface area (TPSA) is 107 Å². The minimum absolute atomic E-state index is 0.0271. The number of ether oxygens (including phenoxy) is 2. The van der Waals surface area contributed by atoms with Crippen LogP contribution >= 0.6 is 0 Å². The molecule has 2 amide bonds. The zero-order valence-corrected chi connectivity index (χ0v) is 16.0. The lowest BCUT2D eigenvalue weighted by Crippen LogP contribution is -2.32. The third-order valence-electron chi connectivity index (χ3n) is 3.82. The van der Waals surface area contributed by atoms with E-state index in [2.05, 4.69) is 10.3 Å². The van der Waals surface area contributed by atoms with Crippen molar-refractivity contribution in [3.8, 4) is 11.5 Å². The molecule has 0 atom stereocenters. The van der Waals surface area contributed by atoms with Gasteiger partial charge in [0, 0.05) is 25.3 Å². The zero-order valence-electron chi connectivity index (χ0n) is 16.0. The van der Waals surface area contributed by atoms with E-state index in [-0.39, 0.29) is 16.9 Å². The van der Waals surface area contributed by atoms with Gasteiger partial charge < -0.3 is 13.9 Å². The average molecular weight is 394 g/mol.